The van der Waals surface area contributed by atoms with Gasteiger partial charge in [-0.15, -0.1) is 10.2 Å². The van der Waals surface area contributed by atoms with E-state index >= 15 is 4.39 Å². The summed E-state index contributed by atoms with van der Waals surface area (Å²) in [5.41, 5.74) is 2.80. The molecule has 0 bridgehead atoms. The number of piperazine rings is 2. The van der Waals surface area contributed by atoms with Gasteiger partial charge in [-0.05, 0) is 56.5 Å². The maximum absolute atomic E-state index is 16.0. The second-order valence-corrected chi connectivity index (χ2v) is 16.8. The zero-order valence-corrected chi connectivity index (χ0v) is 32.9. The molecule has 6 atom stereocenters. The number of benzene rings is 2. The summed E-state index contributed by atoms with van der Waals surface area (Å²) < 4.78 is 44.1. The number of hydrogen-bond acceptors (Lipinski definition) is 11. The number of carbonyl (C=O) groups excluding carboxylic acids is 4. The van der Waals surface area contributed by atoms with Crippen molar-refractivity contribution in [1.82, 2.24) is 35.1 Å². The SMILES string of the molecule is C[C@@H]1CN(CC2CCN(c3ccc4c(c3)C(=O)N(C3CCC(=O)NC3=O)C4)CC2F)C[C@H](C)N1C(=O)N1CCN2c3cc(-c4cc(F)cc(F)c4O)nnc3NC[C@H]2C1. The molecule has 7 heterocycles. The number of amides is 5. The molecule has 15 nitrogen and oxygen atoms in total. The number of phenols is 1. The number of anilines is 3. The van der Waals surface area contributed by atoms with E-state index in [9.17, 15) is 33.1 Å². The molecule has 0 saturated carbocycles. The quantitative estimate of drug-likeness (QED) is 0.325. The van der Waals surface area contributed by atoms with Crippen molar-refractivity contribution in [2.75, 3.05) is 74.0 Å². The summed E-state index contributed by atoms with van der Waals surface area (Å²) in [4.78, 5) is 63.3. The molecule has 4 saturated heterocycles. The third-order valence-electron chi connectivity index (χ3n) is 12.9. The molecule has 3 unspecified atom stereocenters. The Balaban J connectivity index is 0.786. The average Bonchev–Trinajstić information content (AvgIpc) is 3.53. The molecule has 4 fully saturated rings. The maximum atomic E-state index is 16.0. The Kier molecular flexibility index (Phi) is 10.00. The number of piperidine rings is 2. The van der Waals surface area contributed by atoms with Crippen molar-refractivity contribution in [3.05, 3.63) is 59.2 Å². The van der Waals surface area contributed by atoms with E-state index in [0.717, 1.165) is 17.3 Å². The molecule has 2 aromatic carbocycles. The Morgan fingerprint density at radius 3 is 2.47 bits per heavy atom. The number of halogens is 3. The number of rotatable bonds is 5. The summed E-state index contributed by atoms with van der Waals surface area (Å²) in [5.74, 6) is -3.34. The van der Waals surface area contributed by atoms with Gasteiger partial charge in [0.15, 0.2) is 17.4 Å². The Bertz CT molecular complexity index is 2200. The number of aromatic nitrogens is 2. The van der Waals surface area contributed by atoms with Gasteiger partial charge in [0.05, 0.1) is 17.4 Å². The van der Waals surface area contributed by atoms with Crippen molar-refractivity contribution < 1.29 is 37.5 Å². The van der Waals surface area contributed by atoms with Crippen LogP contribution in [0, 0.1) is 17.6 Å². The predicted octanol–water partition coefficient (Wildman–Crippen LogP) is 3.18. The Hall–Kier alpha value is -5.65. The summed E-state index contributed by atoms with van der Waals surface area (Å²) in [6, 6.07) is 7.82. The molecule has 312 valence electrons. The van der Waals surface area contributed by atoms with Crippen molar-refractivity contribution in [2.24, 2.45) is 5.92 Å². The molecule has 6 aliphatic heterocycles. The van der Waals surface area contributed by atoms with Crippen LogP contribution in [-0.2, 0) is 16.1 Å². The minimum Gasteiger partial charge on any atom is -0.504 e. The highest BCUT2D eigenvalue weighted by Crippen LogP contribution is 2.38. The van der Waals surface area contributed by atoms with Crippen molar-refractivity contribution in [2.45, 2.75) is 70.0 Å². The predicted molar refractivity (Wildman–Crippen MR) is 211 cm³/mol. The summed E-state index contributed by atoms with van der Waals surface area (Å²) in [7, 11) is 0. The molecule has 9 rings (SSSR count). The van der Waals surface area contributed by atoms with E-state index in [2.05, 4.69) is 30.6 Å². The van der Waals surface area contributed by atoms with Gasteiger partial charge >= 0.3 is 6.03 Å². The van der Waals surface area contributed by atoms with Gasteiger partial charge in [-0.3, -0.25) is 24.6 Å². The molecule has 3 aromatic rings. The first-order valence-electron chi connectivity index (χ1n) is 20.4. The lowest BCUT2D eigenvalue weighted by atomic mass is 9.92. The summed E-state index contributed by atoms with van der Waals surface area (Å²) in [6.07, 6.45) is 0.0233. The first-order chi connectivity index (χ1) is 28.3. The van der Waals surface area contributed by atoms with Crippen molar-refractivity contribution >= 4 is 40.9 Å². The zero-order chi connectivity index (χ0) is 41.3. The first-order valence-corrected chi connectivity index (χ1v) is 20.4. The summed E-state index contributed by atoms with van der Waals surface area (Å²) >= 11 is 0. The van der Waals surface area contributed by atoms with Crippen LogP contribution in [0.5, 0.6) is 5.75 Å². The number of carbonyl (C=O) groups is 4. The monoisotopic (exact) mass is 816 g/mol. The van der Waals surface area contributed by atoms with Gasteiger partial charge in [-0.25, -0.2) is 18.0 Å². The summed E-state index contributed by atoms with van der Waals surface area (Å²) in [6.45, 7) is 8.91. The third-order valence-corrected chi connectivity index (χ3v) is 12.9. The number of aromatic hydroxyl groups is 1. The van der Waals surface area contributed by atoms with Crippen LogP contribution < -0.4 is 20.4 Å². The van der Waals surface area contributed by atoms with Crippen LogP contribution in [0.2, 0.25) is 0 Å². The van der Waals surface area contributed by atoms with Gasteiger partial charge in [0.25, 0.3) is 5.91 Å². The first kappa shape index (κ1) is 38.8. The molecule has 18 heteroatoms. The lowest BCUT2D eigenvalue weighted by Crippen LogP contribution is -2.66. The van der Waals surface area contributed by atoms with E-state index in [0.29, 0.717) is 94.9 Å². The topological polar surface area (TPSA) is 158 Å². The van der Waals surface area contributed by atoms with Crippen LogP contribution in [0.3, 0.4) is 0 Å². The van der Waals surface area contributed by atoms with Crippen molar-refractivity contribution in [3.8, 4) is 17.0 Å². The van der Waals surface area contributed by atoms with Crippen LogP contribution in [0.4, 0.5) is 35.2 Å². The van der Waals surface area contributed by atoms with Crippen LogP contribution in [-0.4, -0.2) is 148 Å². The fourth-order valence-corrected chi connectivity index (χ4v) is 9.94. The molecule has 0 spiro atoms. The highest BCUT2D eigenvalue weighted by Gasteiger charge is 2.42. The largest absolute Gasteiger partial charge is 0.504 e. The van der Waals surface area contributed by atoms with Gasteiger partial charge in [0.1, 0.15) is 18.0 Å². The third kappa shape index (κ3) is 7.14. The van der Waals surface area contributed by atoms with E-state index in [4.69, 9.17) is 0 Å². The Morgan fingerprint density at radius 1 is 0.915 bits per heavy atom. The lowest BCUT2D eigenvalue weighted by Gasteiger charge is -2.50. The number of phenolic OH excluding ortho intramolecular Hbond substituents is 1. The molecule has 0 aliphatic carbocycles. The number of imide groups is 1. The van der Waals surface area contributed by atoms with Crippen molar-refractivity contribution in [1.29, 1.82) is 0 Å². The van der Waals surface area contributed by atoms with E-state index in [-0.39, 0.29) is 66.1 Å². The summed E-state index contributed by atoms with van der Waals surface area (Å²) in [5, 5.41) is 24.2. The van der Waals surface area contributed by atoms with E-state index in [1.165, 1.54) is 4.90 Å². The number of fused-ring (bicyclic) bond motifs is 4. The Labute approximate surface area is 339 Å². The molecule has 1 aromatic heterocycles. The van der Waals surface area contributed by atoms with Crippen molar-refractivity contribution in [3.63, 3.8) is 0 Å². The zero-order valence-electron chi connectivity index (χ0n) is 32.9. The fourth-order valence-electron chi connectivity index (χ4n) is 9.94. The van der Waals surface area contributed by atoms with E-state index in [1.54, 1.807) is 12.1 Å². The molecular weight excluding hydrogens is 770 g/mol. The van der Waals surface area contributed by atoms with Gasteiger partial charge in [-0.1, -0.05) is 6.07 Å². The highest BCUT2D eigenvalue weighted by atomic mass is 19.1. The Morgan fingerprint density at radius 2 is 1.71 bits per heavy atom. The normalized spacial score (nSPS) is 27.3. The van der Waals surface area contributed by atoms with Gasteiger partial charge in [0, 0.05) is 113 Å². The number of nitrogens with zero attached hydrogens (tertiary/aromatic N) is 8. The van der Waals surface area contributed by atoms with Gasteiger partial charge in [-0.2, -0.15) is 0 Å². The standard InChI is InChI=1S/C41H47F3N10O5/c1-22-16-49(18-25-7-8-50(21-32(25)44)27-4-3-24-19-53(40(58)29(24)13-27)34-5-6-36(55)46-39(34)57)17-23(2)54(22)41(59)51-9-10-52-28(20-51)15-45-38-35(52)14-33(47-48-38)30-11-26(42)12-31(43)37(30)56/h3-4,11-14,22-23,25,28,32,34,56H,5-10,15-21H2,1-2H3,(H,45,48)(H,46,55,57)/t22-,23+,25?,28-,32?,34?/m0/s1. The molecule has 0 radical (unpaired) electrons. The number of hydrogen-bond donors (Lipinski definition) is 3. The van der Waals surface area contributed by atoms with Crippen LogP contribution in [0.15, 0.2) is 36.4 Å². The number of nitrogens with one attached hydrogen (secondary N) is 2. The minimum absolute atomic E-state index is 0.0477. The fraction of sp³-hybridized carbons (Fsp3) is 0.512. The van der Waals surface area contributed by atoms with Crippen LogP contribution in [0.25, 0.3) is 11.3 Å². The average molecular weight is 817 g/mol. The molecule has 6 aliphatic rings. The second kappa shape index (κ2) is 15.2. The van der Waals surface area contributed by atoms with Gasteiger partial charge < -0.3 is 34.9 Å². The second-order valence-electron chi connectivity index (χ2n) is 16.8. The van der Waals surface area contributed by atoms with Crippen LogP contribution in [0.1, 0.15) is 49.0 Å². The molecule has 5 amide bonds. The molecule has 59 heavy (non-hydrogen) atoms. The highest BCUT2D eigenvalue weighted by molar-refractivity contribution is 6.05. The van der Waals surface area contributed by atoms with E-state index < -0.39 is 35.5 Å². The van der Waals surface area contributed by atoms with Crippen LogP contribution >= 0.6 is 0 Å². The lowest BCUT2D eigenvalue weighted by molar-refractivity contribution is -0.136. The molecule has 3 N–H and O–H groups in total. The number of alkyl halides is 1. The van der Waals surface area contributed by atoms with Gasteiger partial charge in [0.2, 0.25) is 11.8 Å². The molecular formula is C41H47F3N10O5. The number of urea groups is 1. The maximum Gasteiger partial charge on any atom is 0.320 e. The van der Waals surface area contributed by atoms with E-state index in [1.807, 2.05) is 40.7 Å². The smallest absolute Gasteiger partial charge is 0.320 e. The minimum atomic E-state index is -1.09.